The van der Waals surface area contributed by atoms with E-state index in [0.717, 1.165) is 16.8 Å². The van der Waals surface area contributed by atoms with Gasteiger partial charge in [-0.05, 0) is 95.2 Å². The first kappa shape index (κ1) is 48.8. The molecule has 346 valence electrons. The van der Waals surface area contributed by atoms with Crippen molar-refractivity contribution >= 4 is 52.9 Å². The second-order valence-corrected chi connectivity index (χ2v) is 19.1. The van der Waals surface area contributed by atoms with Crippen molar-refractivity contribution < 1.29 is 42.6 Å². The van der Waals surface area contributed by atoms with Gasteiger partial charge in [0.05, 0.1) is 14.2 Å². The smallest absolute Gasteiger partial charge is 0.407 e. The van der Waals surface area contributed by atoms with Crippen molar-refractivity contribution in [2.75, 3.05) is 42.8 Å². The van der Waals surface area contributed by atoms with Crippen molar-refractivity contribution in [1.29, 1.82) is 0 Å². The number of carbonyl (C=O) groups is 6. The van der Waals surface area contributed by atoms with Gasteiger partial charge in [0.1, 0.15) is 30.0 Å². The quantitative estimate of drug-likeness (QED) is 0.142. The van der Waals surface area contributed by atoms with E-state index >= 15 is 0 Å². The topological polar surface area (TPSA) is 179 Å². The molecule has 4 N–H and O–H groups in total. The Morgan fingerprint density at radius 1 is 0.625 bits per heavy atom. The molecule has 3 aromatic carbocycles. The lowest BCUT2D eigenvalue weighted by Gasteiger charge is -2.35. The zero-order chi connectivity index (χ0) is 47.1. The third-order valence-corrected chi connectivity index (χ3v) is 12.0. The highest BCUT2D eigenvalue weighted by Crippen LogP contribution is 2.32. The number of methoxy groups -OCH3 is 2. The van der Waals surface area contributed by atoms with Gasteiger partial charge >= 0.3 is 12.2 Å². The van der Waals surface area contributed by atoms with Crippen LogP contribution in [0.25, 0.3) is 0 Å². The average Bonchev–Trinajstić information content (AvgIpc) is 3.83. The Morgan fingerprint density at radius 3 is 1.31 bits per heavy atom. The van der Waals surface area contributed by atoms with Crippen molar-refractivity contribution in [2.24, 2.45) is 22.7 Å². The van der Waals surface area contributed by atoms with Gasteiger partial charge in [-0.25, -0.2) is 14.0 Å². The van der Waals surface area contributed by atoms with Crippen molar-refractivity contribution in [2.45, 2.75) is 105 Å². The Morgan fingerprint density at radius 2 is 0.984 bits per heavy atom. The van der Waals surface area contributed by atoms with Gasteiger partial charge in [-0.1, -0.05) is 79.7 Å². The highest BCUT2D eigenvalue weighted by Gasteiger charge is 2.46. The van der Waals surface area contributed by atoms with E-state index < -0.39 is 47.2 Å². The number of hydrogen-bond donors (Lipinski definition) is 4. The van der Waals surface area contributed by atoms with Crippen molar-refractivity contribution in [1.82, 2.24) is 20.4 Å². The first-order chi connectivity index (χ1) is 30.1. The molecular weight excluding hydrogens is 822 g/mol. The lowest BCUT2D eigenvalue weighted by atomic mass is 9.85. The van der Waals surface area contributed by atoms with Crippen LogP contribution in [-0.4, -0.2) is 97.1 Å². The maximum absolute atomic E-state index is 14.0. The van der Waals surface area contributed by atoms with E-state index in [-0.39, 0.29) is 41.3 Å². The minimum atomic E-state index is -0.898. The summed E-state index contributed by atoms with van der Waals surface area (Å²) < 4.78 is 23.6. The third-order valence-electron chi connectivity index (χ3n) is 12.0. The van der Waals surface area contributed by atoms with Gasteiger partial charge in [0.25, 0.3) is 0 Å². The third kappa shape index (κ3) is 12.1. The molecule has 2 aliphatic rings. The predicted molar refractivity (Wildman–Crippen MR) is 243 cm³/mol. The maximum Gasteiger partial charge on any atom is 0.407 e. The van der Waals surface area contributed by atoms with E-state index in [9.17, 15) is 33.2 Å². The summed E-state index contributed by atoms with van der Waals surface area (Å²) in [5.41, 5.74) is 2.45. The lowest BCUT2D eigenvalue weighted by molar-refractivity contribution is -0.141. The fraction of sp³-hybridized carbons (Fsp3) is 0.500. The van der Waals surface area contributed by atoms with Gasteiger partial charge in [-0.15, -0.1) is 0 Å². The molecule has 64 heavy (non-hydrogen) atoms. The van der Waals surface area contributed by atoms with Crippen molar-refractivity contribution in [3.05, 3.63) is 89.7 Å². The van der Waals surface area contributed by atoms with Crippen LogP contribution >= 0.6 is 0 Å². The molecule has 0 radical (unpaired) electrons. The number of likely N-dealkylation sites (tertiary alicyclic amines) is 2. The van der Waals surface area contributed by atoms with Crippen LogP contribution in [0.5, 0.6) is 0 Å². The van der Waals surface area contributed by atoms with E-state index in [1.807, 2.05) is 79.7 Å². The number of halogens is 1. The maximum atomic E-state index is 14.0. The molecular formula is C48H64FN7O8. The summed E-state index contributed by atoms with van der Waals surface area (Å²) in [5, 5.41) is 11.3. The fourth-order valence-electron chi connectivity index (χ4n) is 8.32. The number of amides is 6. The molecule has 3 unspecified atom stereocenters. The number of nitrogens with one attached hydrogen (secondary N) is 4. The molecule has 3 aromatic rings. The second-order valence-electron chi connectivity index (χ2n) is 19.1. The monoisotopic (exact) mass is 885 g/mol. The molecule has 15 nitrogen and oxygen atoms in total. The number of hydrogen-bond acceptors (Lipinski definition) is 9. The van der Waals surface area contributed by atoms with E-state index in [1.54, 1.807) is 46.2 Å². The van der Waals surface area contributed by atoms with Gasteiger partial charge in [0.15, 0.2) is 0 Å². The highest BCUT2D eigenvalue weighted by atomic mass is 19.1. The predicted octanol–water partition coefficient (Wildman–Crippen LogP) is 6.92. The zero-order valence-electron chi connectivity index (χ0n) is 38.6. The summed E-state index contributed by atoms with van der Waals surface area (Å²) in [6.07, 6.45) is -0.182. The number of rotatable bonds is 13. The van der Waals surface area contributed by atoms with Crippen molar-refractivity contribution in [3.63, 3.8) is 0 Å². The summed E-state index contributed by atoms with van der Waals surface area (Å²) in [4.78, 5) is 84.6. The number of alkyl carbamates (subject to hydrolysis) is 2. The molecule has 0 saturated carbocycles. The standard InChI is InChI=1S/C48H64FN7O8/c1-29-23-25-55(43(59)39(47(3,4)5)52-45(61)63-9)37(29)41(57)50-34-17-11-31(12-18-34)27-54(36-21-15-33(49)16-22-36)28-32-13-19-35(20-14-32)51-42(58)38-30(2)24-26-56(38)44(60)40(48(6,7)8)53-46(62)64-10/h11-22,29-30,37-40H,23-28H2,1-10H3,(H,50,57)(H,51,58)(H,52,61)(H,53,62)/t29-,30?,37?,38-,39+,40?/m0/s1. The molecule has 0 aromatic heterocycles. The second kappa shape index (κ2) is 20.5. The molecule has 2 aliphatic heterocycles. The molecule has 16 heteroatoms. The van der Waals surface area contributed by atoms with Crippen LogP contribution in [-0.2, 0) is 41.7 Å². The Kier molecular flexibility index (Phi) is 15.7. The molecule has 2 fully saturated rings. The summed E-state index contributed by atoms with van der Waals surface area (Å²) in [5.74, 6) is -1.93. The minimum Gasteiger partial charge on any atom is -0.453 e. The summed E-state index contributed by atoms with van der Waals surface area (Å²) in [6.45, 7) is 16.5. The fourth-order valence-corrected chi connectivity index (χ4v) is 8.32. The summed E-state index contributed by atoms with van der Waals surface area (Å²) >= 11 is 0. The number of carbonyl (C=O) groups excluding carboxylic acids is 6. The molecule has 2 saturated heterocycles. The number of ether oxygens (including phenoxy) is 2. The molecule has 2 heterocycles. The Labute approximate surface area is 375 Å². The van der Waals surface area contributed by atoms with E-state index in [4.69, 9.17) is 9.47 Å². The molecule has 0 aliphatic carbocycles. The van der Waals surface area contributed by atoms with E-state index in [2.05, 4.69) is 26.2 Å². The summed E-state index contributed by atoms with van der Waals surface area (Å²) in [6, 6.07) is 17.7. The first-order valence-corrected chi connectivity index (χ1v) is 21.7. The van der Waals surface area contributed by atoms with Crippen molar-refractivity contribution in [3.8, 4) is 0 Å². The molecule has 6 atom stereocenters. The van der Waals surface area contributed by atoms with Crippen LogP contribution in [0.2, 0.25) is 0 Å². The van der Waals surface area contributed by atoms with Gasteiger partial charge in [-0.2, -0.15) is 0 Å². The van der Waals surface area contributed by atoms with Crippen LogP contribution < -0.4 is 26.2 Å². The Hall–Kier alpha value is -6.19. The Balaban J connectivity index is 1.26. The van der Waals surface area contributed by atoms with Gasteiger partial charge in [0, 0.05) is 43.2 Å². The highest BCUT2D eigenvalue weighted by molar-refractivity contribution is 6.00. The first-order valence-electron chi connectivity index (χ1n) is 21.7. The number of benzene rings is 3. The minimum absolute atomic E-state index is 0.113. The average molecular weight is 886 g/mol. The van der Waals surface area contributed by atoms with Gasteiger partial charge in [0.2, 0.25) is 23.6 Å². The number of anilines is 3. The van der Waals surface area contributed by atoms with Crippen LogP contribution in [0, 0.1) is 28.5 Å². The summed E-state index contributed by atoms with van der Waals surface area (Å²) in [7, 11) is 2.47. The van der Waals surface area contributed by atoms with Crippen LogP contribution in [0.3, 0.4) is 0 Å². The Bertz CT molecular complexity index is 2010. The van der Waals surface area contributed by atoms with Crippen LogP contribution in [0.1, 0.15) is 79.4 Å². The lowest BCUT2D eigenvalue weighted by Crippen LogP contribution is -2.57. The van der Waals surface area contributed by atoms with Gasteiger partial charge in [-0.3, -0.25) is 19.2 Å². The zero-order valence-corrected chi connectivity index (χ0v) is 38.6. The number of nitrogens with zero attached hydrogens (tertiary/aromatic N) is 3. The molecule has 6 amide bonds. The van der Waals surface area contributed by atoms with Gasteiger partial charge < -0.3 is 45.4 Å². The molecule has 0 spiro atoms. The van der Waals surface area contributed by atoms with Crippen LogP contribution in [0.15, 0.2) is 72.8 Å². The van der Waals surface area contributed by atoms with Crippen LogP contribution in [0.4, 0.5) is 31.0 Å². The molecule has 0 bridgehead atoms. The largest absolute Gasteiger partial charge is 0.453 e. The van der Waals surface area contributed by atoms with E-state index in [1.165, 1.54) is 26.4 Å². The SMILES string of the molecule is COC(=O)NC(C(=O)N1CCC(C)[C@H]1C(=O)Nc1ccc(CN(Cc2ccc(NC(=O)C3[C@@H](C)CCN3C(=O)[C@@H](NC(=O)OC)C(C)(C)C)cc2)c2ccc(F)cc2)cc1)C(C)(C)C. The van der Waals surface area contributed by atoms with E-state index in [0.29, 0.717) is 50.4 Å². The normalized spacial score (nSPS) is 19.5. The molecule has 5 rings (SSSR count).